The van der Waals surface area contributed by atoms with Crippen molar-refractivity contribution < 1.29 is 14.6 Å². The molecule has 35 heavy (non-hydrogen) atoms. The van der Waals surface area contributed by atoms with Crippen LogP contribution in [0, 0.1) is 46.3 Å². The van der Waals surface area contributed by atoms with E-state index in [1.54, 1.807) is 5.57 Å². The first-order valence-electron chi connectivity index (χ1n) is 15.0. The molecule has 2 aliphatic heterocycles. The van der Waals surface area contributed by atoms with Crippen LogP contribution in [0.1, 0.15) is 105 Å². The molecule has 2 saturated heterocycles. The minimum atomic E-state index is -0.371. The van der Waals surface area contributed by atoms with Gasteiger partial charge in [-0.1, -0.05) is 46.3 Å². The Labute approximate surface area is 213 Å². The Morgan fingerprint density at radius 2 is 1.94 bits per heavy atom. The SMILES string of the molecule is CCCC(=O)N1C[C@H](C)CC[C@]12O[C@H]1CC3[C@@H]4CC=C5C[C@@H](O)CC[C@]5(C)C4CC[C@]3(C)[C@H]1[C@@H]2C. The fourth-order valence-electron chi connectivity index (χ4n) is 10.7. The van der Waals surface area contributed by atoms with Gasteiger partial charge in [0, 0.05) is 18.9 Å². The summed E-state index contributed by atoms with van der Waals surface area (Å²) in [7, 11) is 0. The summed E-state index contributed by atoms with van der Waals surface area (Å²) in [6.45, 7) is 12.9. The molecule has 2 heterocycles. The van der Waals surface area contributed by atoms with Crippen LogP contribution >= 0.6 is 0 Å². The Morgan fingerprint density at radius 3 is 2.71 bits per heavy atom. The molecule has 0 aromatic carbocycles. The van der Waals surface area contributed by atoms with Gasteiger partial charge in [0.2, 0.25) is 5.91 Å². The molecule has 4 nitrogen and oxygen atoms in total. The fourth-order valence-corrected chi connectivity index (χ4v) is 10.7. The minimum Gasteiger partial charge on any atom is -0.393 e. The van der Waals surface area contributed by atoms with E-state index < -0.39 is 0 Å². The molecule has 2 unspecified atom stereocenters. The number of aliphatic hydroxyl groups is 1. The summed E-state index contributed by atoms with van der Waals surface area (Å²) in [5, 5.41) is 10.3. The van der Waals surface area contributed by atoms with Crippen molar-refractivity contribution in [1.82, 2.24) is 4.90 Å². The molecule has 5 fully saturated rings. The molecule has 1 N–H and O–H groups in total. The number of allylic oxidation sites excluding steroid dienone is 1. The van der Waals surface area contributed by atoms with E-state index in [0.717, 1.165) is 56.4 Å². The normalized spacial score (nSPS) is 53.0. The van der Waals surface area contributed by atoms with Gasteiger partial charge in [-0.25, -0.2) is 0 Å². The maximum Gasteiger partial charge on any atom is 0.224 e. The maximum absolute atomic E-state index is 13.3. The summed E-state index contributed by atoms with van der Waals surface area (Å²) in [6.07, 6.45) is 14.5. The first-order chi connectivity index (χ1) is 16.6. The predicted octanol–water partition coefficient (Wildman–Crippen LogP) is 6.33. The van der Waals surface area contributed by atoms with Gasteiger partial charge in [0.1, 0.15) is 5.72 Å². The Kier molecular flexibility index (Phi) is 5.81. The molecule has 4 aliphatic carbocycles. The Bertz CT molecular complexity index is 900. The van der Waals surface area contributed by atoms with Crippen LogP contribution in [-0.2, 0) is 9.53 Å². The maximum atomic E-state index is 13.3. The number of amides is 1. The van der Waals surface area contributed by atoms with E-state index in [1.807, 2.05) is 0 Å². The van der Waals surface area contributed by atoms with Crippen molar-refractivity contribution in [3.05, 3.63) is 11.6 Å². The zero-order chi connectivity index (χ0) is 24.8. The van der Waals surface area contributed by atoms with Gasteiger partial charge in [-0.3, -0.25) is 4.79 Å². The summed E-state index contributed by atoms with van der Waals surface area (Å²) in [6, 6.07) is 0. The van der Waals surface area contributed by atoms with Crippen molar-refractivity contribution in [2.24, 2.45) is 46.3 Å². The summed E-state index contributed by atoms with van der Waals surface area (Å²) in [4.78, 5) is 15.5. The van der Waals surface area contributed by atoms with Crippen molar-refractivity contribution in [1.29, 1.82) is 0 Å². The lowest BCUT2D eigenvalue weighted by atomic mass is 9.47. The highest BCUT2D eigenvalue weighted by Crippen LogP contribution is 2.70. The zero-order valence-electron chi connectivity index (χ0n) is 22.9. The second kappa shape index (κ2) is 8.32. The molecule has 0 aromatic rings. The summed E-state index contributed by atoms with van der Waals surface area (Å²) in [5.41, 5.74) is 1.79. The number of piperidine rings is 1. The van der Waals surface area contributed by atoms with Gasteiger partial charge in [-0.15, -0.1) is 0 Å². The number of carbonyl (C=O) groups excluding carboxylic acids is 1. The van der Waals surface area contributed by atoms with Crippen LogP contribution in [0.25, 0.3) is 0 Å². The van der Waals surface area contributed by atoms with E-state index >= 15 is 0 Å². The topological polar surface area (TPSA) is 49.8 Å². The third-order valence-corrected chi connectivity index (χ3v) is 12.5. The summed E-state index contributed by atoms with van der Waals surface area (Å²) in [5.74, 6) is 4.07. The molecule has 4 heteroatoms. The smallest absolute Gasteiger partial charge is 0.224 e. The number of likely N-dealkylation sites (tertiary alicyclic amines) is 1. The molecule has 3 saturated carbocycles. The third kappa shape index (κ3) is 3.33. The van der Waals surface area contributed by atoms with Crippen LogP contribution in [0.5, 0.6) is 0 Å². The third-order valence-electron chi connectivity index (χ3n) is 12.5. The molecule has 1 amide bonds. The first-order valence-corrected chi connectivity index (χ1v) is 15.0. The van der Waals surface area contributed by atoms with E-state index in [0.29, 0.717) is 41.6 Å². The highest BCUT2D eigenvalue weighted by molar-refractivity contribution is 5.77. The number of carbonyl (C=O) groups is 1. The van der Waals surface area contributed by atoms with Crippen molar-refractivity contribution in [3.8, 4) is 0 Å². The predicted molar refractivity (Wildman–Crippen MR) is 138 cm³/mol. The zero-order valence-corrected chi connectivity index (χ0v) is 22.9. The molecule has 1 spiro atoms. The van der Waals surface area contributed by atoms with Gasteiger partial charge in [0.15, 0.2) is 0 Å². The quantitative estimate of drug-likeness (QED) is 0.467. The number of nitrogens with zero attached hydrogens (tertiary/aromatic N) is 1. The van der Waals surface area contributed by atoms with E-state index in [2.05, 4.69) is 45.6 Å². The standard InChI is InChI=1S/C31H49NO3/c1-6-7-27(34)32-18-19(2)10-15-31(32)20(3)28-26(35-31)17-25-23-9-8-21-16-22(33)11-13-29(21,4)24(23)12-14-30(25,28)5/h8,19-20,22-26,28,33H,6-7,9-18H2,1-5H3/t19-,20+,22+,23-,24?,25?,26+,28+,29+,30+,31-/m1/s1. The number of hydrogen-bond acceptors (Lipinski definition) is 3. The minimum absolute atomic E-state index is 0.132. The van der Waals surface area contributed by atoms with Crippen molar-refractivity contribution >= 4 is 5.91 Å². The largest absolute Gasteiger partial charge is 0.393 e. The molecular weight excluding hydrogens is 434 g/mol. The summed E-state index contributed by atoms with van der Waals surface area (Å²) >= 11 is 0. The number of hydrogen-bond donors (Lipinski definition) is 1. The van der Waals surface area contributed by atoms with Gasteiger partial charge in [0.25, 0.3) is 0 Å². The van der Waals surface area contributed by atoms with Crippen molar-refractivity contribution in [2.45, 2.75) is 123 Å². The average Bonchev–Trinajstić information content (AvgIpc) is 3.27. The van der Waals surface area contributed by atoms with E-state index in [9.17, 15) is 9.90 Å². The van der Waals surface area contributed by atoms with E-state index in [1.165, 1.54) is 32.1 Å². The van der Waals surface area contributed by atoms with Gasteiger partial charge in [-0.05, 0) is 105 Å². The van der Waals surface area contributed by atoms with Crippen LogP contribution in [0.15, 0.2) is 11.6 Å². The lowest BCUT2D eigenvalue weighted by molar-refractivity contribution is -0.201. The highest BCUT2D eigenvalue weighted by atomic mass is 16.5. The van der Waals surface area contributed by atoms with Crippen LogP contribution in [0.3, 0.4) is 0 Å². The van der Waals surface area contributed by atoms with Gasteiger partial charge in [-0.2, -0.15) is 0 Å². The molecule has 0 radical (unpaired) electrons. The number of ether oxygens (including phenoxy) is 1. The van der Waals surface area contributed by atoms with Gasteiger partial charge in [0.05, 0.1) is 12.2 Å². The second-order valence-corrected chi connectivity index (χ2v) is 14.1. The second-order valence-electron chi connectivity index (χ2n) is 14.1. The molecular formula is C31H49NO3. The molecule has 0 aromatic heterocycles. The average molecular weight is 484 g/mol. The van der Waals surface area contributed by atoms with Crippen LogP contribution in [-0.4, -0.2) is 40.4 Å². The van der Waals surface area contributed by atoms with E-state index in [-0.39, 0.29) is 17.2 Å². The highest BCUT2D eigenvalue weighted by Gasteiger charge is 2.69. The number of aliphatic hydroxyl groups excluding tert-OH is 1. The van der Waals surface area contributed by atoms with Crippen molar-refractivity contribution in [3.63, 3.8) is 0 Å². The molecule has 196 valence electrons. The molecule has 0 bridgehead atoms. The monoisotopic (exact) mass is 483 g/mol. The van der Waals surface area contributed by atoms with Crippen LogP contribution < -0.4 is 0 Å². The Hall–Kier alpha value is -0.870. The molecule has 6 aliphatic rings. The van der Waals surface area contributed by atoms with Crippen LogP contribution in [0.4, 0.5) is 0 Å². The molecule has 11 atom stereocenters. The van der Waals surface area contributed by atoms with Gasteiger partial charge >= 0.3 is 0 Å². The number of rotatable bonds is 2. The Balaban J connectivity index is 1.29. The first kappa shape index (κ1) is 24.5. The Morgan fingerprint density at radius 1 is 1.14 bits per heavy atom. The van der Waals surface area contributed by atoms with Crippen LogP contribution in [0.2, 0.25) is 0 Å². The lowest BCUT2D eigenvalue weighted by Crippen LogP contribution is -2.60. The summed E-state index contributed by atoms with van der Waals surface area (Å²) < 4.78 is 7.19. The van der Waals surface area contributed by atoms with E-state index in [4.69, 9.17) is 4.74 Å². The van der Waals surface area contributed by atoms with Gasteiger partial charge < -0.3 is 14.7 Å². The lowest BCUT2D eigenvalue weighted by Gasteiger charge is -2.59. The molecule has 6 rings (SSSR count). The van der Waals surface area contributed by atoms with Crippen molar-refractivity contribution in [2.75, 3.05) is 6.54 Å². The fraction of sp³-hybridized carbons (Fsp3) is 0.903. The number of fused-ring (bicyclic) bond motifs is 7.